The van der Waals surface area contributed by atoms with Gasteiger partial charge in [0.1, 0.15) is 6.29 Å². The van der Waals surface area contributed by atoms with Crippen molar-refractivity contribution in [1.29, 1.82) is 0 Å². The van der Waals surface area contributed by atoms with Crippen LogP contribution in [0.5, 0.6) is 0 Å². The highest BCUT2D eigenvalue weighted by molar-refractivity contribution is 6.05. The van der Waals surface area contributed by atoms with Crippen molar-refractivity contribution in [2.45, 2.75) is 19.0 Å². The van der Waals surface area contributed by atoms with Gasteiger partial charge in [-0.05, 0) is 38.2 Å². The Balaban J connectivity index is 1.84. The summed E-state index contributed by atoms with van der Waals surface area (Å²) in [4.78, 5) is 38.8. The van der Waals surface area contributed by atoms with Gasteiger partial charge in [0.2, 0.25) is 0 Å². The van der Waals surface area contributed by atoms with Gasteiger partial charge in [0.15, 0.2) is 5.69 Å². The summed E-state index contributed by atoms with van der Waals surface area (Å²) in [5.74, 6) is -0.686. The average molecular weight is 358 g/mol. The molecule has 1 unspecified atom stereocenters. The number of carbonyl (C=O) groups excluding carboxylic acids is 3. The van der Waals surface area contributed by atoms with Crippen LogP contribution in [0, 0.1) is 0 Å². The zero-order valence-electron chi connectivity index (χ0n) is 14.8. The monoisotopic (exact) mass is 358 g/mol. The van der Waals surface area contributed by atoms with E-state index < -0.39 is 5.91 Å². The molecular weight excluding hydrogens is 336 g/mol. The summed E-state index contributed by atoms with van der Waals surface area (Å²) in [6.07, 6.45) is 1.63. The second-order valence-electron chi connectivity index (χ2n) is 6.54. The number of aldehydes is 1. The molecule has 0 bridgehead atoms. The third-order valence-electron chi connectivity index (χ3n) is 4.72. The number of urea groups is 1. The molecular formula is C17H22N6O3. The van der Waals surface area contributed by atoms with Crippen LogP contribution in [0.1, 0.15) is 16.9 Å². The number of fused-ring (bicyclic) bond motifs is 1. The van der Waals surface area contributed by atoms with E-state index in [2.05, 4.69) is 15.3 Å². The molecule has 9 nitrogen and oxygen atoms in total. The zero-order chi connectivity index (χ0) is 18.8. The van der Waals surface area contributed by atoms with Crippen molar-refractivity contribution < 1.29 is 14.4 Å². The molecule has 3 rings (SSSR count). The van der Waals surface area contributed by atoms with Crippen LogP contribution in [0.3, 0.4) is 0 Å². The van der Waals surface area contributed by atoms with Gasteiger partial charge in [-0.15, -0.1) is 0 Å². The molecule has 2 aromatic rings. The Hall–Kier alpha value is -2.94. The standard InChI is InChI=1S/C17H22N6O3/c1-21-6-5-12(10-21)22(2)17(26)19-11-3-4-14-13(9-11)15(16(18)25)20-23(14)7-8-24/h3-4,8-9,12H,5-7,10H2,1-2H3,(H2,18,25)(H,19,26). The summed E-state index contributed by atoms with van der Waals surface area (Å²) in [5.41, 5.74) is 6.60. The molecule has 0 saturated carbocycles. The minimum absolute atomic E-state index is 0.0213. The van der Waals surface area contributed by atoms with Gasteiger partial charge < -0.3 is 25.6 Å². The maximum absolute atomic E-state index is 12.5. The highest BCUT2D eigenvalue weighted by Crippen LogP contribution is 2.23. The van der Waals surface area contributed by atoms with Gasteiger partial charge in [0.25, 0.3) is 5.91 Å². The van der Waals surface area contributed by atoms with Gasteiger partial charge in [0.05, 0.1) is 12.1 Å². The number of primary amides is 1. The molecule has 2 heterocycles. The van der Waals surface area contributed by atoms with Gasteiger partial charge in [-0.2, -0.15) is 5.10 Å². The minimum Gasteiger partial charge on any atom is -0.364 e. The number of hydrogen-bond acceptors (Lipinski definition) is 5. The number of likely N-dealkylation sites (N-methyl/N-ethyl adjacent to an activating group) is 2. The fraction of sp³-hybridized carbons (Fsp3) is 0.412. The number of benzene rings is 1. The van der Waals surface area contributed by atoms with Gasteiger partial charge in [-0.25, -0.2) is 4.79 Å². The number of carbonyl (C=O) groups is 3. The van der Waals surface area contributed by atoms with Crippen molar-refractivity contribution in [3.63, 3.8) is 0 Å². The minimum atomic E-state index is -0.686. The number of anilines is 1. The number of aromatic nitrogens is 2. The fourth-order valence-electron chi connectivity index (χ4n) is 3.25. The van der Waals surface area contributed by atoms with E-state index in [1.807, 2.05) is 7.05 Å². The maximum atomic E-state index is 12.5. The molecule has 1 fully saturated rings. The van der Waals surface area contributed by atoms with Crippen molar-refractivity contribution in [1.82, 2.24) is 19.6 Å². The molecule has 26 heavy (non-hydrogen) atoms. The molecule has 1 aromatic carbocycles. The second-order valence-corrected chi connectivity index (χ2v) is 6.54. The summed E-state index contributed by atoms with van der Waals surface area (Å²) >= 11 is 0. The van der Waals surface area contributed by atoms with Crippen LogP contribution >= 0.6 is 0 Å². The summed E-state index contributed by atoms with van der Waals surface area (Å²) in [6, 6.07) is 5.02. The van der Waals surface area contributed by atoms with Crippen molar-refractivity contribution in [3.05, 3.63) is 23.9 Å². The molecule has 1 aliphatic rings. The van der Waals surface area contributed by atoms with Crippen molar-refractivity contribution in [2.24, 2.45) is 5.73 Å². The number of nitrogens with two attached hydrogens (primary N) is 1. The molecule has 1 atom stereocenters. The number of nitrogens with one attached hydrogen (secondary N) is 1. The van der Waals surface area contributed by atoms with Crippen LogP contribution in [0.15, 0.2) is 18.2 Å². The summed E-state index contributed by atoms with van der Waals surface area (Å²) in [6.45, 7) is 1.83. The lowest BCUT2D eigenvalue weighted by atomic mass is 10.2. The lowest BCUT2D eigenvalue weighted by Crippen LogP contribution is -2.41. The Morgan fingerprint density at radius 2 is 2.23 bits per heavy atom. The van der Waals surface area contributed by atoms with E-state index >= 15 is 0 Å². The highest BCUT2D eigenvalue weighted by Gasteiger charge is 2.26. The predicted octanol–water partition coefficient (Wildman–Crippen LogP) is 0.502. The normalized spacial score (nSPS) is 17.4. The molecule has 3 amide bonds. The van der Waals surface area contributed by atoms with Crippen LogP contribution in [0.4, 0.5) is 10.5 Å². The Morgan fingerprint density at radius 3 is 2.85 bits per heavy atom. The third-order valence-corrected chi connectivity index (χ3v) is 4.72. The van der Waals surface area contributed by atoms with E-state index in [-0.39, 0.29) is 24.3 Å². The lowest BCUT2D eigenvalue weighted by Gasteiger charge is -2.24. The average Bonchev–Trinajstić information content (AvgIpc) is 3.18. The molecule has 0 spiro atoms. The molecule has 1 aromatic heterocycles. The number of nitrogens with zero attached hydrogens (tertiary/aromatic N) is 4. The summed E-state index contributed by atoms with van der Waals surface area (Å²) < 4.78 is 1.41. The number of hydrogen-bond donors (Lipinski definition) is 2. The topological polar surface area (TPSA) is 114 Å². The fourth-order valence-corrected chi connectivity index (χ4v) is 3.25. The van der Waals surface area contributed by atoms with Crippen molar-refractivity contribution in [2.75, 3.05) is 32.5 Å². The Labute approximate surface area is 150 Å². The van der Waals surface area contributed by atoms with E-state index in [0.717, 1.165) is 19.5 Å². The Bertz CT molecular complexity index is 862. The second kappa shape index (κ2) is 7.12. The smallest absolute Gasteiger partial charge is 0.321 e. The summed E-state index contributed by atoms with van der Waals surface area (Å²) in [5, 5.41) is 7.43. The SMILES string of the molecule is CN1CCC(N(C)C(=O)Nc2ccc3c(c2)c(C(N)=O)nn3CC=O)C1. The first-order chi connectivity index (χ1) is 12.4. The number of likely N-dealkylation sites (tertiary alicyclic amines) is 1. The van der Waals surface area contributed by atoms with E-state index in [1.165, 1.54) is 4.68 Å². The largest absolute Gasteiger partial charge is 0.364 e. The number of amides is 3. The summed E-state index contributed by atoms with van der Waals surface area (Å²) in [7, 11) is 3.80. The van der Waals surface area contributed by atoms with E-state index in [1.54, 1.807) is 30.1 Å². The zero-order valence-corrected chi connectivity index (χ0v) is 14.8. The Morgan fingerprint density at radius 1 is 1.46 bits per heavy atom. The van der Waals surface area contributed by atoms with E-state index in [0.29, 0.717) is 22.9 Å². The van der Waals surface area contributed by atoms with Crippen molar-refractivity contribution in [3.8, 4) is 0 Å². The lowest BCUT2D eigenvalue weighted by molar-refractivity contribution is -0.108. The molecule has 1 aliphatic heterocycles. The number of rotatable bonds is 5. The van der Waals surface area contributed by atoms with Crippen molar-refractivity contribution >= 4 is 34.8 Å². The molecule has 9 heteroatoms. The quantitative estimate of drug-likeness (QED) is 0.756. The van der Waals surface area contributed by atoms with E-state index in [4.69, 9.17) is 5.73 Å². The molecule has 0 radical (unpaired) electrons. The first kappa shape index (κ1) is 17.9. The van der Waals surface area contributed by atoms with Gasteiger partial charge >= 0.3 is 6.03 Å². The Kier molecular flexibility index (Phi) is 4.90. The van der Waals surface area contributed by atoms with E-state index in [9.17, 15) is 14.4 Å². The van der Waals surface area contributed by atoms with Gasteiger partial charge in [-0.1, -0.05) is 0 Å². The first-order valence-corrected chi connectivity index (χ1v) is 8.37. The van der Waals surface area contributed by atoms with Crippen LogP contribution in [-0.4, -0.2) is 71.0 Å². The molecule has 0 aliphatic carbocycles. The highest BCUT2D eigenvalue weighted by atomic mass is 16.2. The van der Waals surface area contributed by atoms with Gasteiger partial charge in [-0.3, -0.25) is 9.48 Å². The van der Waals surface area contributed by atoms with Crippen LogP contribution in [-0.2, 0) is 11.3 Å². The first-order valence-electron chi connectivity index (χ1n) is 8.37. The molecule has 138 valence electrons. The third kappa shape index (κ3) is 3.38. The molecule has 3 N–H and O–H groups in total. The maximum Gasteiger partial charge on any atom is 0.321 e. The molecule has 1 saturated heterocycles. The van der Waals surface area contributed by atoms with Crippen LogP contribution < -0.4 is 11.1 Å². The van der Waals surface area contributed by atoms with Crippen LogP contribution in [0.25, 0.3) is 10.9 Å². The van der Waals surface area contributed by atoms with Crippen LogP contribution in [0.2, 0.25) is 0 Å². The van der Waals surface area contributed by atoms with Gasteiger partial charge in [0, 0.05) is 30.7 Å². The predicted molar refractivity (Wildman–Crippen MR) is 97.0 cm³/mol.